The third-order valence-corrected chi connectivity index (χ3v) is 4.07. The highest BCUT2D eigenvalue weighted by molar-refractivity contribution is 6.10. The zero-order chi connectivity index (χ0) is 18.0. The highest BCUT2D eigenvalue weighted by atomic mass is 16.5. The first kappa shape index (κ1) is 16.8. The Kier molecular flexibility index (Phi) is 4.57. The molecular formula is C20H20N2O3. The number of ether oxygens (including phenoxy) is 1. The molecule has 0 saturated carbocycles. The van der Waals surface area contributed by atoms with E-state index < -0.39 is 0 Å². The van der Waals surface area contributed by atoms with Crippen LogP contribution < -0.4 is 15.0 Å². The zero-order valence-electron chi connectivity index (χ0n) is 14.3. The minimum Gasteiger partial charge on any atom is -0.454 e. The molecule has 1 aliphatic rings. The number of hydrogen-bond donors (Lipinski definition) is 1. The van der Waals surface area contributed by atoms with E-state index >= 15 is 0 Å². The summed E-state index contributed by atoms with van der Waals surface area (Å²) in [5.74, 6) is 0.808. The molecule has 25 heavy (non-hydrogen) atoms. The van der Waals surface area contributed by atoms with Gasteiger partial charge >= 0.3 is 0 Å². The SMILES string of the molecule is C=CCCC(=O)Nc1ccc2c(c1)C(=O)N(C)c1cc(C)ccc1O2. The number of rotatable bonds is 4. The molecule has 0 aliphatic carbocycles. The number of amides is 2. The Morgan fingerprint density at radius 1 is 1.24 bits per heavy atom. The van der Waals surface area contributed by atoms with Crippen LogP contribution in [-0.2, 0) is 4.79 Å². The Hall–Kier alpha value is -3.08. The van der Waals surface area contributed by atoms with Crippen molar-refractivity contribution in [2.75, 3.05) is 17.3 Å². The number of allylic oxidation sites excluding steroid dienone is 1. The molecule has 1 heterocycles. The van der Waals surface area contributed by atoms with Crippen LogP contribution in [0.25, 0.3) is 0 Å². The van der Waals surface area contributed by atoms with Crippen LogP contribution in [-0.4, -0.2) is 18.9 Å². The van der Waals surface area contributed by atoms with Crippen LogP contribution in [0, 0.1) is 6.92 Å². The van der Waals surface area contributed by atoms with Gasteiger partial charge in [-0.15, -0.1) is 6.58 Å². The summed E-state index contributed by atoms with van der Waals surface area (Å²) in [7, 11) is 1.72. The van der Waals surface area contributed by atoms with E-state index in [9.17, 15) is 9.59 Å². The summed E-state index contributed by atoms with van der Waals surface area (Å²) >= 11 is 0. The first-order chi connectivity index (χ1) is 12.0. The minimum absolute atomic E-state index is 0.117. The van der Waals surface area contributed by atoms with Crippen molar-refractivity contribution in [3.05, 3.63) is 60.2 Å². The van der Waals surface area contributed by atoms with Crippen LogP contribution in [0.3, 0.4) is 0 Å². The van der Waals surface area contributed by atoms with Gasteiger partial charge in [0, 0.05) is 19.2 Å². The number of nitrogens with one attached hydrogen (secondary N) is 1. The van der Waals surface area contributed by atoms with E-state index in [4.69, 9.17) is 4.74 Å². The Morgan fingerprint density at radius 2 is 2.00 bits per heavy atom. The molecule has 0 saturated heterocycles. The third-order valence-electron chi connectivity index (χ3n) is 4.07. The van der Waals surface area contributed by atoms with Crippen LogP contribution in [0.15, 0.2) is 49.1 Å². The molecular weight excluding hydrogens is 316 g/mol. The highest BCUT2D eigenvalue weighted by Gasteiger charge is 2.26. The summed E-state index contributed by atoms with van der Waals surface area (Å²) in [4.78, 5) is 26.3. The van der Waals surface area contributed by atoms with E-state index in [1.165, 1.54) is 0 Å². The first-order valence-electron chi connectivity index (χ1n) is 8.11. The average Bonchev–Trinajstić information content (AvgIpc) is 2.70. The lowest BCUT2D eigenvalue weighted by atomic mass is 10.1. The summed E-state index contributed by atoms with van der Waals surface area (Å²) in [5.41, 5.74) is 2.75. The Balaban J connectivity index is 1.93. The van der Waals surface area contributed by atoms with E-state index in [0.717, 1.165) is 11.3 Å². The van der Waals surface area contributed by atoms with Crippen LogP contribution >= 0.6 is 0 Å². The van der Waals surface area contributed by atoms with Gasteiger partial charge in [-0.1, -0.05) is 12.1 Å². The third kappa shape index (κ3) is 3.40. The summed E-state index contributed by atoms with van der Waals surface area (Å²) in [6.07, 6.45) is 2.66. The molecule has 128 valence electrons. The van der Waals surface area contributed by atoms with E-state index in [1.807, 2.05) is 25.1 Å². The molecule has 0 fully saturated rings. The Bertz CT molecular complexity index is 858. The molecule has 0 bridgehead atoms. The molecule has 2 aromatic carbocycles. The lowest BCUT2D eigenvalue weighted by Gasteiger charge is -2.16. The van der Waals surface area contributed by atoms with Crippen LogP contribution in [0.1, 0.15) is 28.8 Å². The standard InChI is InChI=1S/C20H20N2O3/c1-4-5-6-19(23)21-14-8-10-17-15(12-14)20(24)22(3)16-11-13(2)7-9-18(16)25-17/h4,7-12H,1,5-6H2,2-3H3,(H,21,23). The fourth-order valence-corrected chi connectivity index (χ4v) is 2.70. The van der Waals surface area contributed by atoms with Crippen molar-refractivity contribution in [2.45, 2.75) is 19.8 Å². The summed E-state index contributed by atoms with van der Waals surface area (Å²) in [6, 6.07) is 10.8. The second-order valence-electron chi connectivity index (χ2n) is 6.02. The molecule has 0 atom stereocenters. The van der Waals surface area contributed by atoms with Crippen LogP contribution in [0.4, 0.5) is 11.4 Å². The van der Waals surface area contributed by atoms with Crippen molar-refractivity contribution < 1.29 is 14.3 Å². The molecule has 0 radical (unpaired) electrons. The summed E-state index contributed by atoms with van der Waals surface area (Å²) in [5, 5.41) is 2.80. The second-order valence-corrected chi connectivity index (χ2v) is 6.02. The van der Waals surface area contributed by atoms with Crippen molar-refractivity contribution in [1.82, 2.24) is 0 Å². The van der Waals surface area contributed by atoms with Gasteiger partial charge in [-0.3, -0.25) is 9.59 Å². The van der Waals surface area contributed by atoms with E-state index in [0.29, 0.717) is 35.6 Å². The van der Waals surface area contributed by atoms with Gasteiger partial charge in [0.25, 0.3) is 5.91 Å². The molecule has 0 spiro atoms. The Labute approximate surface area is 146 Å². The molecule has 2 amide bonds. The molecule has 1 aliphatic heterocycles. The van der Waals surface area contributed by atoms with Crippen molar-refractivity contribution in [3.63, 3.8) is 0 Å². The molecule has 0 unspecified atom stereocenters. The lowest BCUT2D eigenvalue weighted by molar-refractivity contribution is -0.116. The lowest BCUT2D eigenvalue weighted by Crippen LogP contribution is -2.25. The number of aryl methyl sites for hydroxylation is 1. The highest BCUT2D eigenvalue weighted by Crippen LogP contribution is 2.39. The minimum atomic E-state index is -0.179. The van der Waals surface area contributed by atoms with Gasteiger partial charge in [0.15, 0.2) is 5.75 Å². The van der Waals surface area contributed by atoms with E-state index in [1.54, 1.807) is 36.2 Å². The number of hydrogen-bond acceptors (Lipinski definition) is 3. The largest absolute Gasteiger partial charge is 0.454 e. The van der Waals surface area contributed by atoms with Crippen LogP contribution in [0.2, 0.25) is 0 Å². The van der Waals surface area contributed by atoms with E-state index in [2.05, 4.69) is 11.9 Å². The number of anilines is 2. The van der Waals surface area contributed by atoms with Gasteiger partial charge in [-0.05, 0) is 49.2 Å². The fraction of sp³-hybridized carbons (Fsp3) is 0.200. The molecule has 0 aromatic heterocycles. The molecule has 3 rings (SSSR count). The number of fused-ring (bicyclic) bond motifs is 2. The molecule has 5 nitrogen and oxygen atoms in total. The maximum atomic E-state index is 12.8. The van der Waals surface area contributed by atoms with Crippen LogP contribution in [0.5, 0.6) is 11.5 Å². The smallest absolute Gasteiger partial charge is 0.261 e. The average molecular weight is 336 g/mol. The predicted molar refractivity (Wildman–Crippen MR) is 98.5 cm³/mol. The second kappa shape index (κ2) is 6.81. The molecule has 5 heteroatoms. The topological polar surface area (TPSA) is 58.6 Å². The van der Waals surface area contributed by atoms with Crippen molar-refractivity contribution in [1.29, 1.82) is 0 Å². The van der Waals surface area contributed by atoms with Gasteiger partial charge in [-0.2, -0.15) is 0 Å². The maximum absolute atomic E-state index is 12.8. The number of nitrogens with zero attached hydrogens (tertiary/aromatic N) is 1. The van der Waals surface area contributed by atoms with Crippen molar-refractivity contribution in [2.24, 2.45) is 0 Å². The predicted octanol–water partition coefficient (Wildman–Crippen LogP) is 4.28. The quantitative estimate of drug-likeness (QED) is 0.848. The van der Waals surface area contributed by atoms with E-state index in [-0.39, 0.29) is 11.8 Å². The van der Waals surface area contributed by atoms with Gasteiger partial charge in [0.05, 0.1) is 11.3 Å². The number of benzene rings is 2. The maximum Gasteiger partial charge on any atom is 0.261 e. The number of carbonyl (C=O) groups is 2. The normalized spacial score (nSPS) is 12.6. The van der Waals surface area contributed by atoms with Gasteiger partial charge in [0.1, 0.15) is 5.75 Å². The zero-order valence-corrected chi connectivity index (χ0v) is 14.3. The van der Waals surface area contributed by atoms with Gasteiger partial charge in [0.2, 0.25) is 5.91 Å². The first-order valence-corrected chi connectivity index (χ1v) is 8.11. The van der Waals surface area contributed by atoms with Crippen molar-refractivity contribution in [3.8, 4) is 11.5 Å². The summed E-state index contributed by atoms with van der Waals surface area (Å²) in [6.45, 7) is 5.57. The monoisotopic (exact) mass is 336 g/mol. The van der Waals surface area contributed by atoms with Gasteiger partial charge in [-0.25, -0.2) is 0 Å². The van der Waals surface area contributed by atoms with Gasteiger partial charge < -0.3 is 15.0 Å². The van der Waals surface area contributed by atoms with Crippen molar-refractivity contribution >= 4 is 23.2 Å². The fourth-order valence-electron chi connectivity index (χ4n) is 2.70. The molecule has 2 aromatic rings. The Morgan fingerprint density at radius 3 is 2.76 bits per heavy atom. The number of carbonyl (C=O) groups excluding carboxylic acids is 2. The summed E-state index contributed by atoms with van der Waals surface area (Å²) < 4.78 is 5.93. The molecule has 1 N–H and O–H groups in total.